The van der Waals surface area contributed by atoms with Gasteiger partial charge in [0.05, 0.1) is 24.0 Å². The smallest absolute Gasteiger partial charge is 0.232 e. The van der Waals surface area contributed by atoms with Gasteiger partial charge in [-0.2, -0.15) is 0 Å². The lowest BCUT2D eigenvalue weighted by Crippen LogP contribution is -2.36. The van der Waals surface area contributed by atoms with Crippen molar-refractivity contribution in [2.45, 2.75) is 34.1 Å². The minimum Gasteiger partial charge on any atom is -0.395 e. The predicted octanol–water partition coefficient (Wildman–Crippen LogP) is 2.84. The number of anilines is 1. The van der Waals surface area contributed by atoms with E-state index in [0.717, 1.165) is 22.8 Å². The number of aromatic nitrogens is 2. The lowest BCUT2D eigenvalue weighted by Gasteiger charge is -2.24. The Kier molecular flexibility index (Phi) is 4.66. The normalized spacial score (nSPS) is 13.7. The van der Waals surface area contributed by atoms with Crippen molar-refractivity contribution in [2.24, 2.45) is 5.41 Å². The number of hydrogen-bond donors (Lipinski definition) is 2. The average molecular weight is 301 g/mol. The molecule has 0 bridgehead atoms. The molecule has 1 unspecified atom stereocenters. The molecule has 0 spiro atoms. The standard InChI is InChI=1S/C17H23N3O2/c1-5-17(4,10-21)16(22)19-14-6-8-15(9-7-14)20-11-18-12(2)13(20)3/h6-9,11,21H,5,10H2,1-4H3,(H,19,22). The summed E-state index contributed by atoms with van der Waals surface area (Å²) in [6.07, 6.45) is 2.37. The number of nitrogens with one attached hydrogen (secondary N) is 1. The van der Waals surface area contributed by atoms with Gasteiger partial charge in [0.15, 0.2) is 0 Å². The lowest BCUT2D eigenvalue weighted by molar-refractivity contribution is -0.127. The zero-order valence-electron chi connectivity index (χ0n) is 13.6. The van der Waals surface area contributed by atoms with Crippen LogP contribution >= 0.6 is 0 Å². The van der Waals surface area contributed by atoms with Crippen LogP contribution in [0.2, 0.25) is 0 Å². The molecule has 1 heterocycles. The van der Waals surface area contributed by atoms with Gasteiger partial charge in [0, 0.05) is 17.1 Å². The first-order valence-corrected chi connectivity index (χ1v) is 7.44. The Hall–Kier alpha value is -2.14. The van der Waals surface area contributed by atoms with Crippen LogP contribution in [0.25, 0.3) is 5.69 Å². The van der Waals surface area contributed by atoms with Crippen LogP contribution in [0.4, 0.5) is 5.69 Å². The predicted molar refractivity (Wildman–Crippen MR) is 87.2 cm³/mol. The van der Waals surface area contributed by atoms with Gasteiger partial charge in [-0.05, 0) is 51.5 Å². The topological polar surface area (TPSA) is 67.2 Å². The van der Waals surface area contributed by atoms with Gasteiger partial charge in [-0.25, -0.2) is 4.98 Å². The van der Waals surface area contributed by atoms with Crippen LogP contribution in [0.3, 0.4) is 0 Å². The number of carbonyl (C=O) groups excluding carboxylic acids is 1. The summed E-state index contributed by atoms with van der Waals surface area (Å²) in [5.41, 5.74) is 3.05. The van der Waals surface area contributed by atoms with Gasteiger partial charge in [0.1, 0.15) is 0 Å². The van der Waals surface area contributed by atoms with Crippen LogP contribution in [-0.4, -0.2) is 27.2 Å². The van der Waals surface area contributed by atoms with E-state index in [4.69, 9.17) is 0 Å². The summed E-state index contributed by atoms with van der Waals surface area (Å²) in [4.78, 5) is 16.5. The Bertz CT molecular complexity index is 655. The van der Waals surface area contributed by atoms with Crippen molar-refractivity contribution >= 4 is 11.6 Å². The minimum atomic E-state index is -0.753. The van der Waals surface area contributed by atoms with Crippen molar-refractivity contribution in [1.29, 1.82) is 0 Å². The van der Waals surface area contributed by atoms with Crippen molar-refractivity contribution in [3.63, 3.8) is 0 Å². The van der Waals surface area contributed by atoms with Crippen molar-refractivity contribution < 1.29 is 9.90 Å². The van der Waals surface area contributed by atoms with Crippen molar-refractivity contribution in [3.05, 3.63) is 42.0 Å². The van der Waals surface area contributed by atoms with E-state index < -0.39 is 5.41 Å². The fourth-order valence-electron chi connectivity index (χ4n) is 2.09. The number of aryl methyl sites for hydroxylation is 1. The van der Waals surface area contributed by atoms with Crippen molar-refractivity contribution in [1.82, 2.24) is 9.55 Å². The van der Waals surface area contributed by atoms with Gasteiger partial charge in [0.2, 0.25) is 5.91 Å². The molecule has 0 aliphatic carbocycles. The molecule has 1 atom stereocenters. The quantitative estimate of drug-likeness (QED) is 0.892. The van der Waals surface area contributed by atoms with Gasteiger partial charge in [-0.3, -0.25) is 4.79 Å². The largest absolute Gasteiger partial charge is 0.395 e. The number of benzene rings is 1. The molecule has 1 aromatic heterocycles. The summed E-state index contributed by atoms with van der Waals surface area (Å²) in [6, 6.07) is 7.59. The number of nitrogens with zero attached hydrogens (tertiary/aromatic N) is 2. The van der Waals surface area contributed by atoms with E-state index in [2.05, 4.69) is 10.3 Å². The highest BCUT2D eigenvalue weighted by molar-refractivity contribution is 5.95. The van der Waals surface area contributed by atoms with Gasteiger partial charge in [-0.15, -0.1) is 0 Å². The first kappa shape index (κ1) is 16.2. The number of aliphatic hydroxyl groups is 1. The van der Waals surface area contributed by atoms with Gasteiger partial charge in [0.25, 0.3) is 0 Å². The highest BCUT2D eigenvalue weighted by Gasteiger charge is 2.30. The molecule has 1 amide bonds. The molecular weight excluding hydrogens is 278 g/mol. The van der Waals surface area contributed by atoms with Crippen LogP contribution in [0.5, 0.6) is 0 Å². The molecule has 5 nitrogen and oxygen atoms in total. The highest BCUT2D eigenvalue weighted by Crippen LogP contribution is 2.23. The molecule has 1 aromatic carbocycles. The maximum atomic E-state index is 12.2. The first-order chi connectivity index (χ1) is 10.4. The molecule has 0 saturated heterocycles. The number of hydrogen-bond acceptors (Lipinski definition) is 3. The maximum Gasteiger partial charge on any atom is 0.232 e. The summed E-state index contributed by atoms with van der Waals surface area (Å²) in [5, 5.41) is 12.2. The molecule has 5 heteroatoms. The summed E-state index contributed by atoms with van der Waals surface area (Å²) < 4.78 is 2.00. The number of imidazole rings is 1. The summed E-state index contributed by atoms with van der Waals surface area (Å²) >= 11 is 0. The molecule has 2 rings (SSSR count). The molecule has 0 aliphatic rings. The molecule has 0 fully saturated rings. The first-order valence-electron chi connectivity index (χ1n) is 7.44. The van der Waals surface area contributed by atoms with Crippen LogP contribution in [-0.2, 0) is 4.79 Å². The van der Waals surface area contributed by atoms with Gasteiger partial charge < -0.3 is 15.0 Å². The fraction of sp³-hybridized carbons (Fsp3) is 0.412. The number of rotatable bonds is 5. The highest BCUT2D eigenvalue weighted by atomic mass is 16.3. The molecule has 0 saturated carbocycles. The summed E-state index contributed by atoms with van der Waals surface area (Å²) in [7, 11) is 0. The zero-order chi connectivity index (χ0) is 16.3. The summed E-state index contributed by atoms with van der Waals surface area (Å²) in [6.45, 7) is 7.48. The monoisotopic (exact) mass is 301 g/mol. The minimum absolute atomic E-state index is 0.166. The Morgan fingerprint density at radius 1 is 1.32 bits per heavy atom. The second-order valence-electron chi connectivity index (χ2n) is 5.86. The van der Waals surface area contributed by atoms with Crippen LogP contribution in [0, 0.1) is 19.3 Å². The Labute approximate surface area is 131 Å². The molecule has 118 valence electrons. The SMILES string of the molecule is CCC(C)(CO)C(=O)Nc1ccc(-n2cnc(C)c2C)cc1. The molecule has 2 aromatic rings. The van der Waals surface area contributed by atoms with E-state index >= 15 is 0 Å². The van der Waals surface area contributed by atoms with Crippen molar-refractivity contribution in [3.8, 4) is 5.69 Å². The molecular formula is C17H23N3O2. The second kappa shape index (κ2) is 6.32. The van der Waals surface area contributed by atoms with Gasteiger partial charge >= 0.3 is 0 Å². The van der Waals surface area contributed by atoms with E-state index in [9.17, 15) is 9.90 Å². The third-order valence-electron chi connectivity index (χ3n) is 4.33. The van der Waals surface area contributed by atoms with E-state index in [1.807, 2.05) is 49.6 Å². The van der Waals surface area contributed by atoms with Gasteiger partial charge in [-0.1, -0.05) is 6.92 Å². The van der Waals surface area contributed by atoms with E-state index in [0.29, 0.717) is 6.42 Å². The molecule has 22 heavy (non-hydrogen) atoms. The number of amides is 1. The number of carbonyl (C=O) groups is 1. The van der Waals surface area contributed by atoms with Crippen LogP contribution < -0.4 is 5.32 Å². The maximum absolute atomic E-state index is 12.2. The molecule has 0 aliphatic heterocycles. The number of aliphatic hydroxyl groups excluding tert-OH is 1. The van der Waals surface area contributed by atoms with Crippen molar-refractivity contribution in [2.75, 3.05) is 11.9 Å². The fourth-order valence-corrected chi connectivity index (χ4v) is 2.09. The van der Waals surface area contributed by atoms with E-state index in [-0.39, 0.29) is 12.5 Å². The third kappa shape index (κ3) is 3.04. The Balaban J connectivity index is 2.16. The molecule has 2 N–H and O–H groups in total. The lowest BCUT2D eigenvalue weighted by atomic mass is 9.87. The van der Waals surface area contributed by atoms with E-state index in [1.165, 1.54) is 0 Å². The third-order valence-corrected chi connectivity index (χ3v) is 4.33. The summed E-state index contributed by atoms with van der Waals surface area (Å²) in [5.74, 6) is -0.167. The Morgan fingerprint density at radius 3 is 2.41 bits per heavy atom. The zero-order valence-corrected chi connectivity index (χ0v) is 13.6. The molecule has 0 radical (unpaired) electrons. The second-order valence-corrected chi connectivity index (χ2v) is 5.86. The Morgan fingerprint density at radius 2 is 1.95 bits per heavy atom. The average Bonchev–Trinajstić information content (AvgIpc) is 2.87. The van der Waals surface area contributed by atoms with Crippen LogP contribution in [0.15, 0.2) is 30.6 Å². The van der Waals surface area contributed by atoms with Crippen LogP contribution in [0.1, 0.15) is 31.7 Å². The van der Waals surface area contributed by atoms with E-state index in [1.54, 1.807) is 13.3 Å².